The zero-order valence-electron chi connectivity index (χ0n) is 11.9. The Morgan fingerprint density at radius 1 is 1.25 bits per heavy atom. The lowest BCUT2D eigenvalue weighted by Crippen LogP contribution is -2.48. The highest BCUT2D eigenvalue weighted by Crippen LogP contribution is 2.35. The van der Waals surface area contributed by atoms with E-state index in [1.54, 1.807) is 13.8 Å². The summed E-state index contributed by atoms with van der Waals surface area (Å²) in [7, 11) is -0.873. The molecular formula is C12H19BrN2O4S. The fourth-order valence-corrected chi connectivity index (χ4v) is 3.76. The minimum Gasteiger partial charge on any atom is -0.495 e. The van der Waals surface area contributed by atoms with E-state index in [9.17, 15) is 8.42 Å². The Morgan fingerprint density at radius 3 is 2.25 bits per heavy atom. The zero-order chi connectivity index (χ0) is 15.6. The van der Waals surface area contributed by atoms with Gasteiger partial charge < -0.3 is 15.2 Å². The van der Waals surface area contributed by atoms with Gasteiger partial charge in [0.1, 0.15) is 16.4 Å². The third-order valence-corrected chi connectivity index (χ3v) is 4.99. The molecule has 0 saturated heterocycles. The first-order valence-electron chi connectivity index (χ1n) is 5.82. The van der Waals surface area contributed by atoms with Crippen molar-refractivity contribution in [3.63, 3.8) is 0 Å². The number of hydrogen-bond acceptors (Lipinski definition) is 5. The Morgan fingerprint density at radius 2 is 1.80 bits per heavy atom. The summed E-state index contributed by atoms with van der Waals surface area (Å²) in [5, 5.41) is 0. The number of halogens is 1. The van der Waals surface area contributed by atoms with Crippen molar-refractivity contribution in [1.82, 2.24) is 4.72 Å². The lowest BCUT2D eigenvalue weighted by molar-refractivity contribution is 0.383. The van der Waals surface area contributed by atoms with E-state index in [-0.39, 0.29) is 17.2 Å². The molecule has 1 aromatic carbocycles. The van der Waals surface area contributed by atoms with Crippen molar-refractivity contribution in [2.24, 2.45) is 5.73 Å². The van der Waals surface area contributed by atoms with E-state index in [1.165, 1.54) is 26.4 Å². The summed E-state index contributed by atoms with van der Waals surface area (Å²) < 4.78 is 38.2. The molecule has 0 bridgehead atoms. The largest absolute Gasteiger partial charge is 0.495 e. The highest BCUT2D eigenvalue weighted by molar-refractivity contribution is 9.10. The molecule has 8 heteroatoms. The topological polar surface area (TPSA) is 90.6 Å². The van der Waals surface area contributed by atoms with Crippen LogP contribution >= 0.6 is 15.9 Å². The summed E-state index contributed by atoms with van der Waals surface area (Å²) in [6.07, 6.45) is 0. The summed E-state index contributed by atoms with van der Waals surface area (Å²) in [6.45, 7) is 3.58. The molecule has 0 heterocycles. The maximum absolute atomic E-state index is 12.4. The van der Waals surface area contributed by atoms with Gasteiger partial charge in [0.25, 0.3) is 0 Å². The van der Waals surface area contributed by atoms with Crippen molar-refractivity contribution in [2.75, 3.05) is 20.8 Å². The van der Waals surface area contributed by atoms with Gasteiger partial charge in [-0.05, 0) is 35.8 Å². The van der Waals surface area contributed by atoms with Crippen LogP contribution in [0.2, 0.25) is 0 Å². The van der Waals surface area contributed by atoms with Gasteiger partial charge in [-0.2, -0.15) is 0 Å². The number of nitrogens with one attached hydrogen (secondary N) is 1. The maximum atomic E-state index is 12.4. The number of ether oxygens (including phenoxy) is 2. The molecule has 0 saturated carbocycles. The summed E-state index contributed by atoms with van der Waals surface area (Å²) >= 11 is 3.26. The first-order valence-corrected chi connectivity index (χ1v) is 8.10. The number of methoxy groups -OCH3 is 2. The second kappa shape index (κ2) is 6.30. The minimum absolute atomic E-state index is 0.0224. The maximum Gasteiger partial charge on any atom is 0.244 e. The Labute approximate surface area is 127 Å². The van der Waals surface area contributed by atoms with E-state index >= 15 is 0 Å². The van der Waals surface area contributed by atoms with Gasteiger partial charge in [-0.1, -0.05) is 0 Å². The molecule has 1 rings (SSSR count). The van der Waals surface area contributed by atoms with Crippen molar-refractivity contribution in [2.45, 2.75) is 24.3 Å². The van der Waals surface area contributed by atoms with Gasteiger partial charge in [0.15, 0.2) is 0 Å². The van der Waals surface area contributed by atoms with Gasteiger partial charge in [0.05, 0.1) is 18.7 Å². The summed E-state index contributed by atoms with van der Waals surface area (Å²) in [5.74, 6) is 0.684. The van der Waals surface area contributed by atoms with Gasteiger partial charge in [-0.3, -0.25) is 0 Å². The third kappa shape index (κ3) is 3.85. The predicted octanol–water partition coefficient (Wildman–Crippen LogP) is 1.48. The highest BCUT2D eigenvalue weighted by atomic mass is 79.9. The fourth-order valence-electron chi connectivity index (χ4n) is 1.50. The van der Waals surface area contributed by atoms with E-state index in [0.717, 1.165) is 0 Å². The van der Waals surface area contributed by atoms with Crippen molar-refractivity contribution >= 4 is 26.0 Å². The normalized spacial score (nSPS) is 12.3. The number of nitrogens with two attached hydrogens (primary N) is 1. The molecule has 0 unspecified atom stereocenters. The van der Waals surface area contributed by atoms with Crippen molar-refractivity contribution in [3.8, 4) is 11.5 Å². The Hall–Kier alpha value is -0.830. The van der Waals surface area contributed by atoms with Crippen LogP contribution in [-0.4, -0.2) is 34.7 Å². The van der Waals surface area contributed by atoms with E-state index in [4.69, 9.17) is 15.2 Å². The Bertz CT molecular complexity index is 587. The second-order valence-electron chi connectivity index (χ2n) is 4.83. The molecule has 0 aliphatic carbocycles. The van der Waals surface area contributed by atoms with Gasteiger partial charge in [-0.25, -0.2) is 13.1 Å². The van der Waals surface area contributed by atoms with Crippen LogP contribution in [-0.2, 0) is 10.0 Å². The standard InChI is InChI=1S/C12H19BrN2O4S/c1-12(2,7-14)15-20(16,17)11-5-8(13)9(18-3)6-10(11)19-4/h5-6,15H,7,14H2,1-4H3. The Kier molecular flexibility index (Phi) is 5.42. The van der Waals surface area contributed by atoms with Gasteiger partial charge in [-0.15, -0.1) is 0 Å². The van der Waals surface area contributed by atoms with Crippen LogP contribution in [0.3, 0.4) is 0 Å². The second-order valence-corrected chi connectivity index (χ2v) is 7.34. The van der Waals surface area contributed by atoms with Gasteiger partial charge in [0.2, 0.25) is 10.0 Å². The molecule has 1 aromatic rings. The molecule has 6 nitrogen and oxygen atoms in total. The molecule has 20 heavy (non-hydrogen) atoms. The monoisotopic (exact) mass is 366 g/mol. The van der Waals surface area contributed by atoms with Crippen LogP contribution in [0.5, 0.6) is 11.5 Å². The Balaban J connectivity index is 3.35. The SMILES string of the molecule is COc1cc(OC)c(S(=O)(=O)NC(C)(C)CN)cc1Br. The van der Waals surface area contributed by atoms with Crippen LogP contribution in [0.15, 0.2) is 21.5 Å². The van der Waals surface area contributed by atoms with Crippen LogP contribution in [0.4, 0.5) is 0 Å². The van der Waals surface area contributed by atoms with Crippen molar-refractivity contribution in [1.29, 1.82) is 0 Å². The first kappa shape index (κ1) is 17.2. The molecular weight excluding hydrogens is 348 g/mol. The number of benzene rings is 1. The summed E-state index contributed by atoms with van der Waals surface area (Å²) in [5.41, 5.74) is 4.80. The van der Waals surface area contributed by atoms with Crippen molar-refractivity contribution < 1.29 is 17.9 Å². The van der Waals surface area contributed by atoms with E-state index < -0.39 is 15.6 Å². The van der Waals surface area contributed by atoms with Crippen LogP contribution in [0.25, 0.3) is 0 Å². The zero-order valence-corrected chi connectivity index (χ0v) is 14.3. The van der Waals surface area contributed by atoms with Crippen molar-refractivity contribution in [3.05, 3.63) is 16.6 Å². The molecule has 3 N–H and O–H groups in total. The number of hydrogen-bond donors (Lipinski definition) is 2. The minimum atomic E-state index is -3.76. The predicted molar refractivity (Wildman–Crippen MR) is 80.7 cm³/mol. The molecule has 0 spiro atoms. The lowest BCUT2D eigenvalue weighted by atomic mass is 10.1. The summed E-state index contributed by atoms with van der Waals surface area (Å²) in [4.78, 5) is 0.0224. The molecule has 0 aliphatic rings. The lowest BCUT2D eigenvalue weighted by Gasteiger charge is -2.24. The van der Waals surface area contributed by atoms with Gasteiger partial charge >= 0.3 is 0 Å². The average molecular weight is 367 g/mol. The van der Waals surface area contributed by atoms with Crippen LogP contribution < -0.4 is 19.9 Å². The molecule has 0 amide bonds. The molecule has 0 aromatic heterocycles. The van der Waals surface area contributed by atoms with E-state index in [1.807, 2.05) is 0 Å². The first-order chi connectivity index (χ1) is 9.16. The number of sulfonamides is 1. The molecule has 114 valence electrons. The summed E-state index contributed by atoms with van der Waals surface area (Å²) in [6, 6.07) is 2.95. The highest BCUT2D eigenvalue weighted by Gasteiger charge is 2.28. The van der Waals surface area contributed by atoms with Crippen LogP contribution in [0, 0.1) is 0 Å². The average Bonchev–Trinajstić information content (AvgIpc) is 2.37. The molecule has 0 fully saturated rings. The third-order valence-electron chi connectivity index (χ3n) is 2.65. The molecule has 0 radical (unpaired) electrons. The molecule has 0 atom stereocenters. The van der Waals surface area contributed by atoms with Crippen LogP contribution in [0.1, 0.15) is 13.8 Å². The van der Waals surface area contributed by atoms with E-state index in [0.29, 0.717) is 10.2 Å². The quantitative estimate of drug-likeness (QED) is 0.795. The molecule has 0 aliphatic heterocycles. The van der Waals surface area contributed by atoms with Gasteiger partial charge in [0, 0.05) is 18.2 Å². The van der Waals surface area contributed by atoms with E-state index in [2.05, 4.69) is 20.7 Å². The smallest absolute Gasteiger partial charge is 0.244 e. The fraction of sp³-hybridized carbons (Fsp3) is 0.500. The number of rotatable bonds is 6.